The predicted molar refractivity (Wildman–Crippen MR) is 152 cm³/mol. The van der Waals surface area contributed by atoms with Gasteiger partial charge in [-0.3, -0.25) is 0 Å². The molecule has 8 nitrogen and oxygen atoms in total. The SMILES string of the molecule is CCS(=O)(=O)NC1CCN(C(=O)OC(C)(C)C)C1Cc1cccc(-c2ccccc2OCCCCCN)c1. The van der Waals surface area contributed by atoms with Crippen molar-refractivity contribution >= 4 is 16.1 Å². The maximum absolute atomic E-state index is 13.0. The number of nitrogens with zero attached hydrogens (tertiary/aromatic N) is 1. The fourth-order valence-electron chi connectivity index (χ4n) is 4.65. The third kappa shape index (κ3) is 8.71. The van der Waals surface area contributed by atoms with Crippen molar-refractivity contribution in [2.45, 2.75) is 77.5 Å². The third-order valence-electron chi connectivity index (χ3n) is 6.56. The number of amides is 1. The van der Waals surface area contributed by atoms with Gasteiger partial charge in [0.25, 0.3) is 0 Å². The van der Waals surface area contributed by atoms with Crippen LogP contribution in [0.25, 0.3) is 11.1 Å². The van der Waals surface area contributed by atoms with E-state index in [1.54, 1.807) is 11.8 Å². The Hall–Kier alpha value is -2.62. The quantitative estimate of drug-likeness (QED) is 0.373. The molecule has 0 aliphatic carbocycles. The molecule has 1 heterocycles. The van der Waals surface area contributed by atoms with Crippen molar-refractivity contribution in [1.29, 1.82) is 0 Å². The minimum atomic E-state index is -3.44. The molecule has 38 heavy (non-hydrogen) atoms. The van der Waals surface area contributed by atoms with E-state index in [0.717, 1.165) is 41.7 Å². The van der Waals surface area contributed by atoms with Crippen LogP contribution in [0.5, 0.6) is 5.75 Å². The molecule has 2 atom stereocenters. The van der Waals surface area contributed by atoms with Crippen LogP contribution in [0, 0.1) is 0 Å². The minimum Gasteiger partial charge on any atom is -0.493 e. The summed E-state index contributed by atoms with van der Waals surface area (Å²) in [6.07, 6.45) is 3.57. The van der Waals surface area contributed by atoms with Gasteiger partial charge >= 0.3 is 6.09 Å². The van der Waals surface area contributed by atoms with E-state index >= 15 is 0 Å². The van der Waals surface area contributed by atoms with Crippen molar-refractivity contribution in [1.82, 2.24) is 9.62 Å². The van der Waals surface area contributed by atoms with Crippen molar-refractivity contribution in [3.05, 3.63) is 54.1 Å². The van der Waals surface area contributed by atoms with Gasteiger partial charge in [-0.25, -0.2) is 17.9 Å². The number of rotatable bonds is 12. The Labute approximate surface area is 227 Å². The van der Waals surface area contributed by atoms with Gasteiger partial charge in [-0.1, -0.05) is 42.5 Å². The van der Waals surface area contributed by atoms with E-state index in [4.69, 9.17) is 15.2 Å². The number of unbranched alkanes of at least 4 members (excludes halogenated alkanes) is 2. The highest BCUT2D eigenvalue weighted by Gasteiger charge is 2.40. The number of sulfonamides is 1. The van der Waals surface area contributed by atoms with Crippen molar-refractivity contribution < 1.29 is 22.7 Å². The molecule has 1 aliphatic heterocycles. The second-order valence-electron chi connectivity index (χ2n) is 10.8. The Morgan fingerprint density at radius 3 is 2.58 bits per heavy atom. The van der Waals surface area contributed by atoms with Gasteiger partial charge in [0.1, 0.15) is 11.4 Å². The van der Waals surface area contributed by atoms with Crippen LogP contribution >= 0.6 is 0 Å². The van der Waals surface area contributed by atoms with Crippen LogP contribution in [-0.4, -0.2) is 62.5 Å². The summed E-state index contributed by atoms with van der Waals surface area (Å²) in [6, 6.07) is 15.3. The lowest BCUT2D eigenvalue weighted by Crippen LogP contribution is -2.49. The molecule has 2 unspecified atom stereocenters. The molecule has 1 amide bonds. The fraction of sp³-hybridized carbons (Fsp3) is 0.552. The molecule has 1 saturated heterocycles. The van der Waals surface area contributed by atoms with Gasteiger partial charge in [-0.05, 0) is 83.5 Å². The summed E-state index contributed by atoms with van der Waals surface area (Å²) in [5.41, 5.74) is 7.95. The first-order valence-corrected chi connectivity index (χ1v) is 15.2. The number of hydrogen-bond donors (Lipinski definition) is 2. The summed E-state index contributed by atoms with van der Waals surface area (Å²) >= 11 is 0. The number of hydrogen-bond acceptors (Lipinski definition) is 6. The van der Waals surface area contributed by atoms with E-state index in [9.17, 15) is 13.2 Å². The van der Waals surface area contributed by atoms with Crippen LogP contribution in [0.4, 0.5) is 4.79 Å². The van der Waals surface area contributed by atoms with Crippen LogP contribution in [0.1, 0.15) is 58.9 Å². The fourth-order valence-corrected chi connectivity index (χ4v) is 5.55. The lowest BCUT2D eigenvalue weighted by molar-refractivity contribution is 0.0218. The Morgan fingerprint density at radius 1 is 1.11 bits per heavy atom. The molecular formula is C29H43N3O5S. The standard InChI is InChI=1S/C29H43N3O5S/c1-5-38(34,35)31-25-16-18-32(28(33)37-29(2,3)4)26(25)21-22-12-11-13-23(20-22)24-14-7-8-15-27(24)36-19-10-6-9-17-30/h7-8,11-15,20,25-26,31H,5-6,9-10,16-19,21,30H2,1-4H3. The smallest absolute Gasteiger partial charge is 0.410 e. The van der Waals surface area contributed by atoms with E-state index in [-0.39, 0.29) is 17.8 Å². The maximum atomic E-state index is 13.0. The van der Waals surface area contributed by atoms with Crippen molar-refractivity contribution in [3.8, 4) is 16.9 Å². The van der Waals surface area contributed by atoms with Crippen molar-refractivity contribution in [2.24, 2.45) is 5.73 Å². The van der Waals surface area contributed by atoms with Gasteiger partial charge < -0.3 is 20.1 Å². The first-order valence-electron chi connectivity index (χ1n) is 13.5. The number of nitrogens with two attached hydrogens (primary N) is 1. The number of ether oxygens (including phenoxy) is 2. The van der Waals surface area contributed by atoms with Gasteiger partial charge in [-0.2, -0.15) is 0 Å². The average molecular weight is 546 g/mol. The molecule has 0 bridgehead atoms. The monoisotopic (exact) mass is 545 g/mol. The summed E-state index contributed by atoms with van der Waals surface area (Å²) in [6.45, 7) is 8.84. The summed E-state index contributed by atoms with van der Waals surface area (Å²) in [5.74, 6) is 0.809. The Bertz CT molecular complexity index is 1160. The molecule has 0 saturated carbocycles. The van der Waals surface area contributed by atoms with Crippen molar-refractivity contribution in [2.75, 3.05) is 25.4 Å². The number of likely N-dealkylation sites (tertiary alicyclic amines) is 1. The second kappa shape index (κ2) is 13.4. The largest absolute Gasteiger partial charge is 0.493 e. The molecule has 2 aromatic carbocycles. The molecule has 1 aliphatic rings. The van der Waals surface area contributed by atoms with Crippen LogP contribution in [0.3, 0.4) is 0 Å². The molecule has 2 aromatic rings. The van der Waals surface area contributed by atoms with Gasteiger partial charge in [0.05, 0.1) is 18.4 Å². The van der Waals surface area contributed by atoms with E-state index in [2.05, 4.69) is 10.8 Å². The lowest BCUT2D eigenvalue weighted by Gasteiger charge is -2.31. The van der Waals surface area contributed by atoms with Crippen LogP contribution in [0.2, 0.25) is 0 Å². The van der Waals surface area contributed by atoms with E-state index < -0.39 is 21.7 Å². The topological polar surface area (TPSA) is 111 Å². The Balaban J connectivity index is 1.83. The number of para-hydroxylation sites is 1. The highest BCUT2D eigenvalue weighted by molar-refractivity contribution is 7.89. The Morgan fingerprint density at radius 2 is 1.87 bits per heavy atom. The number of carbonyl (C=O) groups is 1. The summed E-state index contributed by atoms with van der Waals surface area (Å²) < 4.78 is 39.4. The molecule has 1 fully saturated rings. The molecule has 3 rings (SSSR count). The number of benzene rings is 2. The number of carbonyl (C=O) groups excluding carboxylic acids is 1. The number of nitrogens with one attached hydrogen (secondary N) is 1. The zero-order valence-corrected chi connectivity index (χ0v) is 23.9. The first-order chi connectivity index (χ1) is 18.0. The summed E-state index contributed by atoms with van der Waals surface area (Å²) in [7, 11) is -3.44. The minimum absolute atomic E-state index is 0.0127. The normalized spacial score (nSPS) is 18.0. The van der Waals surface area contributed by atoms with Crippen LogP contribution in [0.15, 0.2) is 48.5 Å². The zero-order valence-electron chi connectivity index (χ0n) is 23.1. The molecule has 0 aromatic heterocycles. The van der Waals surface area contributed by atoms with Gasteiger partial charge in [0.15, 0.2) is 0 Å². The Kier molecular flexibility index (Phi) is 10.6. The molecule has 0 radical (unpaired) electrons. The lowest BCUT2D eigenvalue weighted by atomic mass is 9.96. The highest BCUT2D eigenvalue weighted by Crippen LogP contribution is 2.32. The summed E-state index contributed by atoms with van der Waals surface area (Å²) in [5, 5.41) is 0. The second-order valence-corrected chi connectivity index (χ2v) is 12.8. The highest BCUT2D eigenvalue weighted by atomic mass is 32.2. The van der Waals surface area contributed by atoms with E-state index in [1.165, 1.54) is 0 Å². The van der Waals surface area contributed by atoms with E-state index in [0.29, 0.717) is 32.5 Å². The average Bonchev–Trinajstić information content (AvgIpc) is 3.24. The third-order valence-corrected chi connectivity index (χ3v) is 7.98. The zero-order chi connectivity index (χ0) is 27.8. The first kappa shape index (κ1) is 29.9. The maximum Gasteiger partial charge on any atom is 0.410 e. The van der Waals surface area contributed by atoms with Crippen LogP contribution < -0.4 is 15.2 Å². The summed E-state index contributed by atoms with van der Waals surface area (Å²) in [4.78, 5) is 14.7. The molecule has 9 heteroatoms. The molecule has 0 spiro atoms. The van der Waals surface area contributed by atoms with Gasteiger partial charge in [0.2, 0.25) is 10.0 Å². The van der Waals surface area contributed by atoms with Gasteiger partial charge in [-0.15, -0.1) is 0 Å². The van der Waals surface area contributed by atoms with Crippen LogP contribution in [-0.2, 0) is 21.2 Å². The van der Waals surface area contributed by atoms with Gasteiger partial charge in [0, 0.05) is 18.2 Å². The van der Waals surface area contributed by atoms with E-state index in [1.807, 2.05) is 63.2 Å². The predicted octanol–water partition coefficient (Wildman–Crippen LogP) is 4.72. The van der Waals surface area contributed by atoms with Crippen molar-refractivity contribution in [3.63, 3.8) is 0 Å². The molecule has 210 valence electrons. The molecule has 3 N–H and O–H groups in total. The molecular weight excluding hydrogens is 502 g/mol.